The Balaban J connectivity index is 0. The Kier molecular flexibility index (Phi) is 13.4. The molecule has 6 heteroatoms. The summed E-state index contributed by atoms with van der Waals surface area (Å²) < 4.78 is 0. The van der Waals surface area contributed by atoms with Crippen molar-refractivity contribution in [1.29, 1.82) is 0 Å². The van der Waals surface area contributed by atoms with Gasteiger partial charge >= 0.3 is 0 Å². The Bertz CT molecular complexity index is 650. The fourth-order valence-corrected chi connectivity index (χ4v) is 3.41. The van der Waals surface area contributed by atoms with Crippen LogP contribution in [0.15, 0.2) is 59.2 Å². The molecule has 2 atom stereocenters. The van der Waals surface area contributed by atoms with Gasteiger partial charge in [-0.1, -0.05) is 60.7 Å². The van der Waals surface area contributed by atoms with Crippen molar-refractivity contribution < 1.29 is 0 Å². The monoisotopic (exact) mass is 440 g/mol. The predicted octanol–water partition coefficient (Wildman–Crippen LogP) is 6.60. The van der Waals surface area contributed by atoms with E-state index in [1.807, 2.05) is 0 Å². The highest BCUT2D eigenvalue weighted by molar-refractivity contribution is 7.23. The van der Waals surface area contributed by atoms with Gasteiger partial charge in [-0.25, -0.2) is 0 Å². The lowest BCUT2D eigenvalue weighted by Crippen LogP contribution is -1.78. The summed E-state index contributed by atoms with van der Waals surface area (Å²) >= 11 is 0. The van der Waals surface area contributed by atoms with E-state index in [1.54, 1.807) is 0 Å². The molecule has 0 bridgehead atoms. The van der Waals surface area contributed by atoms with Crippen molar-refractivity contribution in [3.63, 3.8) is 0 Å². The molecule has 0 amide bonds. The van der Waals surface area contributed by atoms with Crippen molar-refractivity contribution in [2.45, 2.75) is 12.8 Å². The van der Waals surface area contributed by atoms with Gasteiger partial charge in [0.05, 0.1) is 0 Å². The third-order valence-corrected chi connectivity index (χ3v) is 4.32. The van der Waals surface area contributed by atoms with Crippen LogP contribution in [0.4, 0.5) is 0 Å². The highest BCUT2D eigenvalue weighted by Gasteiger charge is 2.07. The average Bonchev–Trinajstić information content (AvgIpc) is 2.99. The minimum absolute atomic E-state index is 0. The van der Waals surface area contributed by atoms with E-state index >= 15 is 0 Å². The first-order chi connectivity index (χ1) is 9.72. The number of rotatable bonds is 0. The summed E-state index contributed by atoms with van der Waals surface area (Å²) in [5, 5.41) is 2.78. The fourth-order valence-electron chi connectivity index (χ4n) is 2.61. The van der Waals surface area contributed by atoms with E-state index in [0.717, 1.165) is 12.8 Å². The van der Waals surface area contributed by atoms with Gasteiger partial charge in [0.15, 0.2) is 0 Å². The first-order valence-electron chi connectivity index (χ1n) is 6.80. The van der Waals surface area contributed by atoms with Crippen LogP contribution in [0.2, 0.25) is 0 Å². The maximum absolute atomic E-state index is 2.76. The number of benzene rings is 2. The standard InChI is InChI=1S/2C9H9P.4ClH/c2*10-9-5-7-3-1-2-4-8(7)6-9;;;;/h2*1-5H,6,10H2;4*1H. The summed E-state index contributed by atoms with van der Waals surface area (Å²) in [6, 6.07) is 17.0. The Labute approximate surface area is 174 Å². The average molecular weight is 442 g/mol. The molecule has 2 aliphatic carbocycles. The molecule has 2 aromatic rings. The van der Waals surface area contributed by atoms with Crippen LogP contribution in [0.1, 0.15) is 22.3 Å². The zero-order valence-electron chi connectivity index (χ0n) is 13.0. The van der Waals surface area contributed by atoms with Gasteiger partial charge in [0.2, 0.25) is 0 Å². The van der Waals surface area contributed by atoms with Crippen LogP contribution < -0.4 is 0 Å². The molecule has 24 heavy (non-hydrogen) atoms. The van der Waals surface area contributed by atoms with Gasteiger partial charge in [-0.3, -0.25) is 0 Å². The predicted molar refractivity (Wildman–Crippen MR) is 125 cm³/mol. The van der Waals surface area contributed by atoms with E-state index in [2.05, 4.69) is 79.2 Å². The Morgan fingerprint density at radius 1 is 0.542 bits per heavy atom. The molecule has 2 aliphatic rings. The molecule has 0 aliphatic heterocycles. The van der Waals surface area contributed by atoms with Gasteiger partial charge in [-0.05, 0) is 45.7 Å². The molecule has 2 aromatic carbocycles. The van der Waals surface area contributed by atoms with Gasteiger partial charge < -0.3 is 0 Å². The van der Waals surface area contributed by atoms with Crippen LogP contribution in [0.3, 0.4) is 0 Å². The zero-order valence-corrected chi connectivity index (χ0v) is 18.6. The van der Waals surface area contributed by atoms with E-state index in [4.69, 9.17) is 0 Å². The summed E-state index contributed by atoms with van der Waals surface area (Å²) in [5.41, 5.74) is 5.67. The van der Waals surface area contributed by atoms with E-state index < -0.39 is 0 Å². The van der Waals surface area contributed by atoms with Gasteiger partial charge in [-0.15, -0.1) is 68.1 Å². The van der Waals surface area contributed by atoms with E-state index in [1.165, 1.54) is 32.9 Å². The van der Waals surface area contributed by atoms with E-state index in [-0.39, 0.29) is 49.6 Å². The van der Waals surface area contributed by atoms with Gasteiger partial charge in [0.25, 0.3) is 0 Å². The Hall–Kier alpha value is -0.0600. The lowest BCUT2D eigenvalue weighted by molar-refractivity contribution is 1.29. The van der Waals surface area contributed by atoms with Gasteiger partial charge in [0, 0.05) is 0 Å². The molecule has 0 radical (unpaired) electrons. The van der Waals surface area contributed by atoms with Crippen molar-refractivity contribution in [3.8, 4) is 0 Å². The van der Waals surface area contributed by atoms with Gasteiger partial charge in [0.1, 0.15) is 0 Å². The second kappa shape index (κ2) is 12.3. The van der Waals surface area contributed by atoms with Crippen LogP contribution in [-0.4, -0.2) is 0 Å². The molecule has 4 rings (SSSR count). The third kappa shape index (κ3) is 6.68. The van der Waals surface area contributed by atoms with Crippen molar-refractivity contribution in [2.24, 2.45) is 0 Å². The quantitative estimate of drug-likeness (QED) is 0.403. The van der Waals surface area contributed by atoms with Crippen LogP contribution in [-0.2, 0) is 12.8 Å². The minimum Gasteiger partial charge on any atom is -0.147 e. The third-order valence-electron chi connectivity index (χ3n) is 3.58. The van der Waals surface area contributed by atoms with Crippen LogP contribution in [0, 0.1) is 0 Å². The molecule has 0 heterocycles. The van der Waals surface area contributed by atoms with Crippen LogP contribution >= 0.6 is 68.1 Å². The van der Waals surface area contributed by atoms with Crippen LogP contribution in [0.5, 0.6) is 0 Å². The van der Waals surface area contributed by atoms with E-state index in [0.29, 0.717) is 0 Å². The Morgan fingerprint density at radius 3 is 1.21 bits per heavy atom. The molecule has 0 N–H and O–H groups in total. The smallest absolute Gasteiger partial charge is 0.00204 e. The summed E-state index contributed by atoms with van der Waals surface area (Å²) in [4.78, 5) is 0. The maximum Gasteiger partial charge on any atom is -0.00204 e. The number of fused-ring (bicyclic) bond motifs is 2. The Morgan fingerprint density at radius 2 is 0.875 bits per heavy atom. The molecule has 2 unspecified atom stereocenters. The normalized spacial score (nSPS) is 12.2. The molecule has 0 fully saturated rings. The van der Waals surface area contributed by atoms with E-state index in [9.17, 15) is 0 Å². The highest BCUT2D eigenvalue weighted by atomic mass is 35.5. The number of halogens is 4. The SMILES string of the molecule is Cl.Cl.Cl.Cl.PC1=Cc2ccccc2C1.PC1=Cc2ccccc2C1. The second-order valence-corrected chi connectivity index (χ2v) is 6.67. The summed E-state index contributed by atoms with van der Waals surface area (Å²) in [5.74, 6) is 0. The zero-order chi connectivity index (χ0) is 13.9. The topological polar surface area (TPSA) is 0 Å². The largest absolute Gasteiger partial charge is 0.147 e. The lowest BCUT2D eigenvalue weighted by Gasteiger charge is -1.93. The summed E-state index contributed by atoms with van der Waals surface area (Å²) in [7, 11) is 5.52. The lowest BCUT2D eigenvalue weighted by atomic mass is 10.1. The molecule has 0 saturated heterocycles. The van der Waals surface area contributed by atoms with Crippen LogP contribution in [0.25, 0.3) is 12.2 Å². The minimum atomic E-state index is 0. The molecular formula is C18H22Cl4P2. The van der Waals surface area contributed by atoms with Gasteiger partial charge in [-0.2, -0.15) is 0 Å². The summed E-state index contributed by atoms with van der Waals surface area (Å²) in [6.45, 7) is 0. The van der Waals surface area contributed by atoms with Crippen molar-refractivity contribution >= 4 is 80.3 Å². The molecule has 0 nitrogen and oxygen atoms in total. The highest BCUT2D eigenvalue weighted by Crippen LogP contribution is 2.28. The second-order valence-electron chi connectivity index (χ2n) is 5.19. The number of hydrogen-bond donors (Lipinski definition) is 0. The number of allylic oxidation sites excluding steroid dienone is 2. The number of hydrogen-bond acceptors (Lipinski definition) is 0. The maximum atomic E-state index is 2.76. The molecule has 0 aromatic heterocycles. The molecular weight excluding hydrogens is 420 g/mol. The fraction of sp³-hybridized carbons (Fsp3) is 0.111. The van der Waals surface area contributed by atoms with Crippen molar-refractivity contribution in [3.05, 3.63) is 81.4 Å². The summed E-state index contributed by atoms with van der Waals surface area (Å²) in [6.07, 6.45) is 6.67. The molecule has 0 spiro atoms. The first-order valence-corrected chi connectivity index (χ1v) is 7.96. The van der Waals surface area contributed by atoms with Crippen molar-refractivity contribution in [1.82, 2.24) is 0 Å². The van der Waals surface area contributed by atoms with Crippen molar-refractivity contribution in [2.75, 3.05) is 0 Å². The molecule has 132 valence electrons. The molecule has 0 saturated carbocycles. The first kappa shape index (κ1) is 26.2.